The highest BCUT2D eigenvalue weighted by atomic mass is 79.9. The van der Waals surface area contributed by atoms with Crippen LogP contribution in [0.15, 0.2) is 22.7 Å². The highest BCUT2D eigenvalue weighted by Crippen LogP contribution is 2.42. The van der Waals surface area contributed by atoms with Crippen LogP contribution >= 0.6 is 27.5 Å². The number of benzene rings is 1. The zero-order valence-electron chi connectivity index (χ0n) is 7.76. The quantitative estimate of drug-likeness (QED) is 0.825. The van der Waals surface area contributed by atoms with Gasteiger partial charge >= 0.3 is 0 Å². The predicted molar refractivity (Wildman–Crippen MR) is 61.5 cm³/mol. The first kappa shape index (κ1) is 10.5. The van der Waals surface area contributed by atoms with Crippen molar-refractivity contribution < 1.29 is 5.11 Å². The minimum atomic E-state index is -0.694. The van der Waals surface area contributed by atoms with Crippen molar-refractivity contribution in [2.24, 2.45) is 0 Å². The second kappa shape index (κ2) is 3.84. The molecule has 0 spiro atoms. The molecule has 1 saturated carbocycles. The monoisotopic (exact) mass is 274 g/mol. The van der Waals surface area contributed by atoms with Crippen LogP contribution in [0.25, 0.3) is 0 Å². The van der Waals surface area contributed by atoms with E-state index >= 15 is 0 Å². The average molecular weight is 276 g/mol. The fourth-order valence-electron chi connectivity index (χ4n) is 2.08. The summed E-state index contributed by atoms with van der Waals surface area (Å²) in [4.78, 5) is 0. The molecule has 0 heterocycles. The van der Waals surface area contributed by atoms with Crippen LogP contribution in [-0.2, 0) is 5.60 Å². The Morgan fingerprint density at radius 2 is 1.93 bits per heavy atom. The van der Waals surface area contributed by atoms with Gasteiger partial charge in [0.2, 0.25) is 0 Å². The minimum Gasteiger partial charge on any atom is -0.385 e. The number of aliphatic hydroxyl groups is 1. The topological polar surface area (TPSA) is 20.2 Å². The maximum absolute atomic E-state index is 10.4. The molecule has 1 nitrogen and oxygen atoms in total. The molecule has 0 unspecified atom stereocenters. The average Bonchev–Trinajstić information content (AvgIpc) is 2.58. The summed E-state index contributed by atoms with van der Waals surface area (Å²) in [6.45, 7) is 0. The normalized spacial score (nSPS) is 19.9. The largest absolute Gasteiger partial charge is 0.385 e. The predicted octanol–water partition coefficient (Wildman–Crippen LogP) is 3.86. The van der Waals surface area contributed by atoms with Gasteiger partial charge in [0, 0.05) is 15.1 Å². The van der Waals surface area contributed by atoms with Crippen molar-refractivity contribution >= 4 is 27.5 Å². The summed E-state index contributed by atoms with van der Waals surface area (Å²) in [5.41, 5.74) is 0.173. The Hall–Kier alpha value is -0.0500. The van der Waals surface area contributed by atoms with Gasteiger partial charge in [-0.15, -0.1) is 0 Å². The van der Waals surface area contributed by atoms with Crippen LogP contribution in [0.5, 0.6) is 0 Å². The van der Waals surface area contributed by atoms with Crippen molar-refractivity contribution in [3.8, 4) is 0 Å². The molecule has 1 aliphatic carbocycles. The van der Waals surface area contributed by atoms with Crippen LogP contribution in [0.1, 0.15) is 31.2 Å². The lowest BCUT2D eigenvalue weighted by molar-refractivity contribution is 0.0445. The first-order valence-electron chi connectivity index (χ1n) is 4.80. The second-order valence-corrected chi connectivity index (χ2v) is 5.19. The molecule has 0 saturated heterocycles. The molecule has 1 aromatic rings. The molecule has 1 N–H and O–H groups in total. The molecule has 0 atom stereocenters. The fraction of sp³-hybridized carbons (Fsp3) is 0.455. The lowest BCUT2D eigenvalue weighted by Crippen LogP contribution is -2.21. The number of hydrogen-bond acceptors (Lipinski definition) is 1. The molecule has 1 aliphatic rings. The van der Waals surface area contributed by atoms with E-state index in [0.29, 0.717) is 5.02 Å². The Labute approximate surface area is 97.2 Å². The van der Waals surface area contributed by atoms with Gasteiger partial charge in [-0.05, 0) is 31.0 Å². The molecule has 0 bridgehead atoms. The summed E-state index contributed by atoms with van der Waals surface area (Å²) in [6, 6.07) is 5.65. The zero-order chi connectivity index (χ0) is 10.2. The Balaban J connectivity index is 2.44. The van der Waals surface area contributed by atoms with Gasteiger partial charge in [0.1, 0.15) is 0 Å². The smallest absolute Gasteiger partial charge is 0.0911 e. The van der Waals surface area contributed by atoms with Crippen LogP contribution in [0, 0.1) is 0 Å². The molecule has 0 aliphatic heterocycles. The van der Waals surface area contributed by atoms with Crippen molar-refractivity contribution in [3.63, 3.8) is 0 Å². The maximum atomic E-state index is 10.4. The third-order valence-corrected chi connectivity index (χ3v) is 3.68. The van der Waals surface area contributed by atoms with Crippen molar-refractivity contribution in [1.82, 2.24) is 0 Å². The third kappa shape index (κ3) is 1.83. The summed E-state index contributed by atoms with van der Waals surface area (Å²) in [7, 11) is 0. The lowest BCUT2D eigenvalue weighted by atomic mass is 9.92. The van der Waals surface area contributed by atoms with E-state index < -0.39 is 5.60 Å². The fourth-order valence-corrected chi connectivity index (χ4v) is 2.74. The zero-order valence-corrected chi connectivity index (χ0v) is 10.1. The summed E-state index contributed by atoms with van der Waals surface area (Å²) in [5.74, 6) is 0. The van der Waals surface area contributed by atoms with Crippen molar-refractivity contribution in [2.75, 3.05) is 0 Å². The van der Waals surface area contributed by atoms with Crippen LogP contribution < -0.4 is 0 Å². The van der Waals surface area contributed by atoms with E-state index in [1.54, 1.807) is 0 Å². The summed E-state index contributed by atoms with van der Waals surface area (Å²) in [5, 5.41) is 11.0. The van der Waals surface area contributed by atoms with Gasteiger partial charge in [-0.1, -0.05) is 40.4 Å². The second-order valence-electron chi connectivity index (χ2n) is 3.86. The van der Waals surface area contributed by atoms with E-state index in [0.717, 1.165) is 35.7 Å². The molecule has 0 amide bonds. The van der Waals surface area contributed by atoms with E-state index in [9.17, 15) is 5.11 Å². The van der Waals surface area contributed by atoms with Gasteiger partial charge < -0.3 is 5.11 Å². The van der Waals surface area contributed by atoms with Gasteiger partial charge in [0.15, 0.2) is 0 Å². The number of rotatable bonds is 1. The molecule has 76 valence electrons. The Morgan fingerprint density at radius 1 is 1.29 bits per heavy atom. The number of halogens is 2. The van der Waals surface area contributed by atoms with Crippen LogP contribution in [0.3, 0.4) is 0 Å². The van der Waals surface area contributed by atoms with Gasteiger partial charge in [0.05, 0.1) is 5.60 Å². The van der Waals surface area contributed by atoms with Crippen molar-refractivity contribution in [3.05, 3.63) is 33.3 Å². The van der Waals surface area contributed by atoms with Crippen molar-refractivity contribution in [2.45, 2.75) is 31.3 Å². The van der Waals surface area contributed by atoms with E-state index in [-0.39, 0.29) is 0 Å². The molecular formula is C11H12BrClO. The summed E-state index contributed by atoms with van der Waals surface area (Å²) >= 11 is 9.48. The van der Waals surface area contributed by atoms with E-state index in [2.05, 4.69) is 15.9 Å². The molecular weight excluding hydrogens is 263 g/mol. The standard InChI is InChI=1S/C11H12BrClO/c12-8-3-4-10(13)9(7-8)11(14)5-1-2-6-11/h3-4,7,14H,1-2,5-6H2. The molecule has 0 aromatic heterocycles. The molecule has 0 radical (unpaired) electrons. The van der Waals surface area contributed by atoms with Crippen LogP contribution in [-0.4, -0.2) is 5.11 Å². The minimum absolute atomic E-state index is 0.664. The Bertz CT molecular complexity index is 345. The lowest BCUT2D eigenvalue weighted by Gasteiger charge is -2.24. The summed E-state index contributed by atoms with van der Waals surface area (Å²) in [6.07, 6.45) is 3.81. The highest BCUT2D eigenvalue weighted by Gasteiger charge is 2.34. The first-order valence-corrected chi connectivity index (χ1v) is 5.97. The Kier molecular flexibility index (Phi) is 2.87. The molecule has 2 rings (SSSR count). The Morgan fingerprint density at radius 3 is 2.57 bits per heavy atom. The van der Waals surface area contributed by atoms with Crippen LogP contribution in [0.4, 0.5) is 0 Å². The third-order valence-electron chi connectivity index (χ3n) is 2.86. The van der Waals surface area contributed by atoms with Gasteiger partial charge in [-0.3, -0.25) is 0 Å². The van der Waals surface area contributed by atoms with Gasteiger partial charge in [0.25, 0.3) is 0 Å². The van der Waals surface area contributed by atoms with E-state index in [1.807, 2.05) is 18.2 Å². The van der Waals surface area contributed by atoms with Gasteiger partial charge in [-0.25, -0.2) is 0 Å². The summed E-state index contributed by atoms with van der Waals surface area (Å²) < 4.78 is 0.970. The maximum Gasteiger partial charge on any atom is 0.0911 e. The van der Waals surface area contributed by atoms with Gasteiger partial charge in [-0.2, -0.15) is 0 Å². The first-order chi connectivity index (χ1) is 6.62. The highest BCUT2D eigenvalue weighted by molar-refractivity contribution is 9.10. The molecule has 3 heteroatoms. The van der Waals surface area contributed by atoms with Crippen LogP contribution in [0.2, 0.25) is 5.02 Å². The molecule has 1 fully saturated rings. The SMILES string of the molecule is OC1(c2cc(Br)ccc2Cl)CCCC1. The van der Waals surface area contributed by atoms with E-state index in [4.69, 9.17) is 11.6 Å². The molecule has 14 heavy (non-hydrogen) atoms. The number of hydrogen-bond donors (Lipinski definition) is 1. The van der Waals surface area contributed by atoms with Crippen molar-refractivity contribution in [1.29, 1.82) is 0 Å². The molecule has 1 aromatic carbocycles. The van der Waals surface area contributed by atoms with E-state index in [1.165, 1.54) is 0 Å².